The van der Waals surface area contributed by atoms with Crippen LogP contribution in [0.1, 0.15) is 19.8 Å². The van der Waals surface area contributed by atoms with Crippen molar-refractivity contribution >= 4 is 5.97 Å². The van der Waals surface area contributed by atoms with Crippen molar-refractivity contribution in [3.8, 4) is 0 Å². The van der Waals surface area contributed by atoms with E-state index >= 15 is 0 Å². The summed E-state index contributed by atoms with van der Waals surface area (Å²) in [5.41, 5.74) is 0. The molecule has 0 saturated carbocycles. The van der Waals surface area contributed by atoms with E-state index in [0.717, 1.165) is 12.8 Å². The van der Waals surface area contributed by atoms with Gasteiger partial charge in [0.15, 0.2) is 6.10 Å². The summed E-state index contributed by atoms with van der Waals surface area (Å²) in [7, 11) is 0. The molecule has 1 radical (unpaired) electrons. The molecule has 0 spiro atoms. The van der Waals surface area contributed by atoms with E-state index in [2.05, 4.69) is 18.6 Å². The lowest BCUT2D eigenvalue weighted by Gasteiger charge is -2.06. The lowest BCUT2D eigenvalue weighted by molar-refractivity contribution is -0.152. The van der Waals surface area contributed by atoms with E-state index in [4.69, 9.17) is 9.84 Å². The van der Waals surface area contributed by atoms with Gasteiger partial charge in [-0.25, -0.2) is 4.79 Å². The maximum Gasteiger partial charge on any atom is 0.335 e. The third kappa shape index (κ3) is 7.74. The van der Waals surface area contributed by atoms with Crippen molar-refractivity contribution in [3.63, 3.8) is 0 Å². The van der Waals surface area contributed by atoms with E-state index in [9.17, 15) is 4.79 Å². The Morgan fingerprint density at radius 3 is 2.69 bits per heavy atom. The van der Waals surface area contributed by atoms with Crippen molar-refractivity contribution < 1.29 is 19.4 Å². The molecule has 1 unspecified atom stereocenters. The average molecular weight is 189 g/mol. The third-order valence-corrected chi connectivity index (χ3v) is 1.39. The van der Waals surface area contributed by atoms with Crippen molar-refractivity contribution in [2.24, 2.45) is 0 Å². The van der Waals surface area contributed by atoms with E-state index in [0.29, 0.717) is 13.2 Å². The van der Waals surface area contributed by atoms with Gasteiger partial charge in [-0.1, -0.05) is 13.3 Å². The first kappa shape index (κ1) is 12.4. The van der Waals surface area contributed by atoms with Gasteiger partial charge in [-0.3, -0.25) is 0 Å². The molecule has 13 heavy (non-hydrogen) atoms. The van der Waals surface area contributed by atoms with Gasteiger partial charge < -0.3 is 14.6 Å². The van der Waals surface area contributed by atoms with Gasteiger partial charge in [0.2, 0.25) is 0 Å². The van der Waals surface area contributed by atoms with E-state index in [1.165, 1.54) is 0 Å². The standard InChI is InChI=1S/C9H17O4/c1-3-4-5-12-6-7-13-9(11)8(2)10/h8,10H,2-7H2,1H3. The average Bonchev–Trinajstić information content (AvgIpc) is 2.10. The molecule has 1 N–H and O–H groups in total. The van der Waals surface area contributed by atoms with Crippen molar-refractivity contribution in [3.05, 3.63) is 6.92 Å². The van der Waals surface area contributed by atoms with Crippen molar-refractivity contribution in [2.45, 2.75) is 25.9 Å². The van der Waals surface area contributed by atoms with Crippen LogP contribution in [0.5, 0.6) is 0 Å². The van der Waals surface area contributed by atoms with Crippen LogP contribution in [-0.2, 0) is 14.3 Å². The maximum atomic E-state index is 10.6. The quantitative estimate of drug-likeness (QED) is 0.469. The first-order valence-corrected chi connectivity index (χ1v) is 4.44. The smallest absolute Gasteiger partial charge is 0.335 e. The van der Waals surface area contributed by atoms with Gasteiger partial charge >= 0.3 is 5.97 Å². The highest BCUT2D eigenvalue weighted by Gasteiger charge is 2.08. The van der Waals surface area contributed by atoms with Gasteiger partial charge in [-0.05, 0) is 13.3 Å². The summed E-state index contributed by atoms with van der Waals surface area (Å²) < 4.78 is 9.73. The first-order valence-electron chi connectivity index (χ1n) is 4.44. The highest BCUT2D eigenvalue weighted by atomic mass is 16.6. The van der Waals surface area contributed by atoms with E-state index in [1.54, 1.807) is 0 Å². The minimum Gasteiger partial charge on any atom is -0.461 e. The van der Waals surface area contributed by atoms with Gasteiger partial charge in [0, 0.05) is 6.61 Å². The number of esters is 1. The normalized spacial score (nSPS) is 12.5. The summed E-state index contributed by atoms with van der Waals surface area (Å²) in [6, 6.07) is 0. The number of hydrogen-bond acceptors (Lipinski definition) is 4. The second-order valence-corrected chi connectivity index (χ2v) is 2.65. The number of aliphatic hydroxyl groups excluding tert-OH is 1. The van der Waals surface area contributed by atoms with Crippen LogP contribution in [0.4, 0.5) is 0 Å². The zero-order valence-corrected chi connectivity index (χ0v) is 7.99. The highest BCUT2D eigenvalue weighted by molar-refractivity contribution is 5.74. The summed E-state index contributed by atoms with van der Waals surface area (Å²) in [6.07, 6.45) is 0.791. The van der Waals surface area contributed by atoms with Crippen LogP contribution in [0.3, 0.4) is 0 Å². The third-order valence-electron chi connectivity index (χ3n) is 1.39. The monoisotopic (exact) mass is 189 g/mol. The number of ether oxygens (including phenoxy) is 2. The molecule has 1 atom stereocenters. The molecule has 0 fully saturated rings. The summed E-state index contributed by atoms with van der Waals surface area (Å²) in [5.74, 6) is -0.709. The Kier molecular flexibility index (Phi) is 7.63. The van der Waals surface area contributed by atoms with E-state index in [-0.39, 0.29) is 6.61 Å². The number of rotatable bonds is 7. The minimum absolute atomic E-state index is 0.176. The molecule has 0 saturated heterocycles. The van der Waals surface area contributed by atoms with Gasteiger partial charge in [-0.2, -0.15) is 0 Å². The predicted octanol–water partition coefficient (Wildman–Crippen LogP) is 0.541. The summed E-state index contributed by atoms with van der Waals surface area (Å²) >= 11 is 0. The molecular weight excluding hydrogens is 172 g/mol. The van der Waals surface area contributed by atoms with E-state index < -0.39 is 12.1 Å². The molecule has 0 aliphatic carbocycles. The Bertz CT molecular complexity index is 134. The van der Waals surface area contributed by atoms with Crippen molar-refractivity contribution in [1.29, 1.82) is 0 Å². The second-order valence-electron chi connectivity index (χ2n) is 2.65. The molecular formula is C9H17O4. The molecule has 0 aliphatic heterocycles. The zero-order valence-electron chi connectivity index (χ0n) is 7.99. The predicted molar refractivity (Wildman–Crippen MR) is 48.0 cm³/mol. The Hall–Kier alpha value is -0.610. The van der Waals surface area contributed by atoms with Crippen molar-refractivity contribution in [1.82, 2.24) is 0 Å². The number of carbonyl (C=O) groups is 1. The van der Waals surface area contributed by atoms with Crippen molar-refractivity contribution in [2.75, 3.05) is 19.8 Å². The fraction of sp³-hybridized carbons (Fsp3) is 0.778. The fourth-order valence-electron chi connectivity index (χ4n) is 0.646. The minimum atomic E-state index is -1.30. The molecule has 4 nitrogen and oxygen atoms in total. The molecule has 4 heteroatoms. The number of unbranched alkanes of at least 4 members (excludes halogenated alkanes) is 1. The van der Waals surface area contributed by atoms with E-state index in [1.807, 2.05) is 0 Å². The molecule has 0 bridgehead atoms. The fourth-order valence-corrected chi connectivity index (χ4v) is 0.646. The van der Waals surface area contributed by atoms with Crippen LogP contribution in [0.2, 0.25) is 0 Å². The summed E-state index contributed by atoms with van der Waals surface area (Å²) in [6.45, 7) is 6.41. The number of aliphatic hydroxyl groups is 1. The van der Waals surface area contributed by atoms with Crippen LogP contribution < -0.4 is 0 Å². The van der Waals surface area contributed by atoms with Gasteiger partial charge in [0.05, 0.1) is 6.61 Å². The topological polar surface area (TPSA) is 55.8 Å². The molecule has 0 heterocycles. The Morgan fingerprint density at radius 1 is 1.46 bits per heavy atom. The van der Waals surface area contributed by atoms with Crippen LogP contribution in [-0.4, -0.2) is 37.0 Å². The highest BCUT2D eigenvalue weighted by Crippen LogP contribution is 1.89. The van der Waals surface area contributed by atoms with Crippen LogP contribution in [0.15, 0.2) is 0 Å². The largest absolute Gasteiger partial charge is 0.461 e. The second kappa shape index (κ2) is 8.01. The molecule has 0 aromatic heterocycles. The number of carbonyl (C=O) groups excluding carboxylic acids is 1. The molecule has 0 aromatic rings. The molecule has 0 aliphatic rings. The van der Waals surface area contributed by atoms with Gasteiger partial charge in [0.25, 0.3) is 0 Å². The Balaban J connectivity index is 3.12. The van der Waals surface area contributed by atoms with Crippen LogP contribution in [0, 0.1) is 6.92 Å². The van der Waals surface area contributed by atoms with Gasteiger partial charge in [-0.15, -0.1) is 0 Å². The molecule has 0 amide bonds. The molecule has 0 aromatic carbocycles. The first-order chi connectivity index (χ1) is 6.18. The lowest BCUT2D eigenvalue weighted by atomic mass is 10.4. The molecule has 0 rings (SSSR count). The van der Waals surface area contributed by atoms with Crippen LogP contribution >= 0.6 is 0 Å². The Labute approximate surface area is 78.8 Å². The lowest BCUT2D eigenvalue weighted by Crippen LogP contribution is -2.21. The number of hydrogen-bond donors (Lipinski definition) is 1. The van der Waals surface area contributed by atoms with Crippen LogP contribution in [0.25, 0.3) is 0 Å². The molecule has 77 valence electrons. The summed E-state index contributed by atoms with van der Waals surface area (Å²) in [5, 5.41) is 8.64. The summed E-state index contributed by atoms with van der Waals surface area (Å²) in [4.78, 5) is 10.6. The Morgan fingerprint density at radius 2 is 2.15 bits per heavy atom. The van der Waals surface area contributed by atoms with Gasteiger partial charge in [0.1, 0.15) is 6.61 Å². The zero-order chi connectivity index (χ0) is 10.1. The SMILES string of the molecule is [CH2]C(O)C(=O)OCCOCCCC. The maximum absolute atomic E-state index is 10.6.